The Labute approximate surface area is 89.9 Å². The van der Waals surface area contributed by atoms with Crippen LogP contribution in [-0.4, -0.2) is 18.0 Å². The zero-order valence-corrected chi connectivity index (χ0v) is 8.77. The maximum atomic E-state index is 5.67. The van der Waals surface area contributed by atoms with E-state index >= 15 is 0 Å². The van der Waals surface area contributed by atoms with Crippen molar-refractivity contribution < 1.29 is 4.52 Å². The van der Waals surface area contributed by atoms with Crippen LogP contribution >= 0.6 is 0 Å². The Morgan fingerprint density at radius 2 is 2.13 bits per heavy atom. The summed E-state index contributed by atoms with van der Waals surface area (Å²) in [6, 6.07) is 7.40. The van der Waals surface area contributed by atoms with Gasteiger partial charge in [-0.3, -0.25) is 0 Å². The summed E-state index contributed by atoms with van der Waals surface area (Å²) in [5.74, 6) is 1.50. The van der Waals surface area contributed by atoms with Gasteiger partial charge in [-0.15, -0.1) is 0 Å². The first kappa shape index (κ1) is 9.96. The number of hydrogen-bond acceptors (Lipinski definition) is 3. The van der Waals surface area contributed by atoms with Crippen molar-refractivity contribution in [1.29, 1.82) is 0 Å². The van der Waals surface area contributed by atoms with Crippen molar-refractivity contribution in [3.05, 3.63) is 30.1 Å². The minimum absolute atomic E-state index is 0.267. The molecule has 0 unspecified atom stereocenters. The van der Waals surface area contributed by atoms with Gasteiger partial charge in [-0.05, 0) is 6.07 Å². The standard InChI is InChI=1S/C11H11BN2O/c1-7(2)10-13-11(15-14-10)8-4-3-5-9(12)6-8/h3-7H,1-2H3. The fraction of sp³-hybridized carbons (Fsp3) is 0.273. The van der Waals surface area contributed by atoms with E-state index in [1.54, 1.807) is 0 Å². The molecule has 74 valence electrons. The van der Waals surface area contributed by atoms with Crippen LogP contribution in [0.1, 0.15) is 25.6 Å². The lowest BCUT2D eigenvalue weighted by Crippen LogP contribution is -2.00. The van der Waals surface area contributed by atoms with Gasteiger partial charge in [0.25, 0.3) is 5.89 Å². The summed E-state index contributed by atoms with van der Waals surface area (Å²) >= 11 is 0. The smallest absolute Gasteiger partial charge is 0.257 e. The third-order valence-corrected chi connectivity index (χ3v) is 2.09. The predicted octanol–water partition coefficient (Wildman–Crippen LogP) is 1.65. The Balaban J connectivity index is 2.37. The molecule has 0 bridgehead atoms. The van der Waals surface area contributed by atoms with Crippen LogP contribution in [0.5, 0.6) is 0 Å². The lowest BCUT2D eigenvalue weighted by atomic mass is 9.94. The van der Waals surface area contributed by atoms with E-state index in [4.69, 9.17) is 12.4 Å². The summed E-state index contributed by atoms with van der Waals surface area (Å²) in [5, 5.41) is 3.89. The number of nitrogens with zero attached hydrogens (tertiary/aromatic N) is 2. The fourth-order valence-corrected chi connectivity index (χ4v) is 1.26. The molecule has 0 saturated heterocycles. The molecule has 0 spiro atoms. The van der Waals surface area contributed by atoms with Crippen molar-refractivity contribution >= 4 is 13.3 Å². The Bertz CT molecular complexity index is 465. The molecule has 0 aliphatic carbocycles. The van der Waals surface area contributed by atoms with Gasteiger partial charge < -0.3 is 4.52 Å². The second kappa shape index (κ2) is 3.89. The van der Waals surface area contributed by atoms with Gasteiger partial charge in [0.15, 0.2) is 5.82 Å². The van der Waals surface area contributed by atoms with E-state index in [1.807, 2.05) is 38.1 Å². The molecule has 2 rings (SSSR count). The van der Waals surface area contributed by atoms with Gasteiger partial charge in [-0.25, -0.2) is 0 Å². The van der Waals surface area contributed by atoms with Crippen molar-refractivity contribution in [2.75, 3.05) is 0 Å². The van der Waals surface area contributed by atoms with Crippen LogP contribution in [-0.2, 0) is 0 Å². The normalized spacial score (nSPS) is 10.9. The van der Waals surface area contributed by atoms with E-state index in [0.29, 0.717) is 17.2 Å². The molecule has 15 heavy (non-hydrogen) atoms. The second-order valence-corrected chi connectivity index (χ2v) is 3.74. The molecule has 0 aliphatic rings. The Morgan fingerprint density at radius 1 is 1.33 bits per heavy atom. The molecule has 0 fully saturated rings. The van der Waals surface area contributed by atoms with Crippen molar-refractivity contribution in [3.63, 3.8) is 0 Å². The van der Waals surface area contributed by atoms with Crippen LogP contribution in [0, 0.1) is 0 Å². The topological polar surface area (TPSA) is 38.9 Å². The van der Waals surface area contributed by atoms with Crippen LogP contribution < -0.4 is 5.46 Å². The average molecular weight is 198 g/mol. The lowest BCUT2D eigenvalue weighted by Gasteiger charge is -1.96. The number of rotatable bonds is 2. The highest BCUT2D eigenvalue weighted by Gasteiger charge is 2.10. The highest BCUT2D eigenvalue weighted by atomic mass is 16.5. The maximum Gasteiger partial charge on any atom is 0.257 e. The lowest BCUT2D eigenvalue weighted by molar-refractivity contribution is 0.419. The van der Waals surface area contributed by atoms with E-state index < -0.39 is 0 Å². The van der Waals surface area contributed by atoms with Crippen LogP contribution in [0.25, 0.3) is 11.5 Å². The Morgan fingerprint density at radius 3 is 2.73 bits per heavy atom. The maximum absolute atomic E-state index is 5.67. The second-order valence-electron chi connectivity index (χ2n) is 3.74. The minimum atomic E-state index is 0.267. The molecule has 4 heteroatoms. The minimum Gasteiger partial charge on any atom is -0.334 e. The van der Waals surface area contributed by atoms with Gasteiger partial charge in [0, 0.05) is 11.5 Å². The summed E-state index contributed by atoms with van der Waals surface area (Å²) in [5.41, 5.74) is 1.55. The SMILES string of the molecule is [B]c1cccc(-c2nc(C(C)C)no2)c1. The molecule has 0 saturated carbocycles. The molecule has 1 heterocycles. The molecule has 0 amide bonds. The highest BCUT2D eigenvalue weighted by molar-refractivity contribution is 6.32. The number of benzene rings is 1. The molecule has 1 aromatic heterocycles. The summed E-state index contributed by atoms with van der Waals surface area (Å²) < 4.78 is 5.15. The largest absolute Gasteiger partial charge is 0.334 e. The van der Waals surface area contributed by atoms with E-state index in [-0.39, 0.29) is 5.92 Å². The van der Waals surface area contributed by atoms with E-state index in [2.05, 4.69) is 10.1 Å². The summed E-state index contributed by atoms with van der Waals surface area (Å²) in [6.45, 7) is 4.04. The van der Waals surface area contributed by atoms with Gasteiger partial charge in [0.1, 0.15) is 7.85 Å². The zero-order valence-electron chi connectivity index (χ0n) is 8.77. The Hall–Kier alpha value is -1.58. The van der Waals surface area contributed by atoms with Gasteiger partial charge in [0.05, 0.1) is 0 Å². The average Bonchev–Trinajstić information content (AvgIpc) is 2.66. The van der Waals surface area contributed by atoms with Crippen molar-refractivity contribution in [2.45, 2.75) is 19.8 Å². The van der Waals surface area contributed by atoms with Crippen molar-refractivity contribution in [3.8, 4) is 11.5 Å². The van der Waals surface area contributed by atoms with Gasteiger partial charge in [-0.1, -0.05) is 42.7 Å². The molecule has 1 aromatic carbocycles. The van der Waals surface area contributed by atoms with E-state index in [1.165, 1.54) is 0 Å². The third-order valence-electron chi connectivity index (χ3n) is 2.09. The quantitative estimate of drug-likeness (QED) is 0.688. The van der Waals surface area contributed by atoms with Gasteiger partial charge in [0.2, 0.25) is 0 Å². The van der Waals surface area contributed by atoms with Crippen LogP contribution in [0.2, 0.25) is 0 Å². The van der Waals surface area contributed by atoms with Crippen LogP contribution in [0.3, 0.4) is 0 Å². The monoisotopic (exact) mass is 198 g/mol. The fourth-order valence-electron chi connectivity index (χ4n) is 1.26. The first-order valence-corrected chi connectivity index (χ1v) is 4.86. The molecule has 2 aromatic rings. The van der Waals surface area contributed by atoms with E-state index in [0.717, 1.165) is 5.56 Å². The van der Waals surface area contributed by atoms with Crippen molar-refractivity contribution in [2.24, 2.45) is 0 Å². The third kappa shape index (κ3) is 2.09. The van der Waals surface area contributed by atoms with Gasteiger partial charge in [-0.2, -0.15) is 4.98 Å². The Kier molecular flexibility index (Phi) is 2.58. The first-order chi connectivity index (χ1) is 7.16. The molecule has 2 radical (unpaired) electrons. The molecular weight excluding hydrogens is 187 g/mol. The van der Waals surface area contributed by atoms with Crippen LogP contribution in [0.4, 0.5) is 0 Å². The van der Waals surface area contributed by atoms with Crippen molar-refractivity contribution in [1.82, 2.24) is 10.1 Å². The summed E-state index contributed by atoms with van der Waals surface area (Å²) in [7, 11) is 5.67. The summed E-state index contributed by atoms with van der Waals surface area (Å²) in [4.78, 5) is 4.29. The molecule has 3 nitrogen and oxygen atoms in total. The predicted molar refractivity (Wildman–Crippen MR) is 59.2 cm³/mol. The molecule has 0 aliphatic heterocycles. The van der Waals surface area contributed by atoms with Gasteiger partial charge >= 0.3 is 0 Å². The molecule has 0 atom stereocenters. The van der Waals surface area contributed by atoms with E-state index in [9.17, 15) is 0 Å². The molecule has 0 N–H and O–H groups in total. The summed E-state index contributed by atoms with van der Waals surface area (Å²) in [6.07, 6.45) is 0. The number of aromatic nitrogens is 2. The first-order valence-electron chi connectivity index (χ1n) is 4.86. The molecular formula is C11H11BN2O. The highest BCUT2D eigenvalue weighted by Crippen LogP contribution is 2.18. The zero-order chi connectivity index (χ0) is 10.8. The number of hydrogen-bond donors (Lipinski definition) is 0. The van der Waals surface area contributed by atoms with Crippen LogP contribution in [0.15, 0.2) is 28.8 Å².